The van der Waals surface area contributed by atoms with E-state index in [1.54, 1.807) is 24.3 Å². The Morgan fingerprint density at radius 3 is 2.95 bits per heavy atom. The molecule has 6 heteroatoms. The molecule has 0 aromatic heterocycles. The number of carbonyl (C=O) groups is 2. The molecular formula is C14H16N2O4. The van der Waals surface area contributed by atoms with Crippen LogP contribution in [0.25, 0.3) is 0 Å². The first-order valence-electron chi connectivity index (χ1n) is 6.64. The minimum atomic E-state index is -0.596. The van der Waals surface area contributed by atoms with Crippen molar-refractivity contribution >= 4 is 17.7 Å². The minimum absolute atomic E-state index is 0.0178. The van der Waals surface area contributed by atoms with Gasteiger partial charge in [0.05, 0.1) is 24.4 Å². The molecule has 20 heavy (non-hydrogen) atoms. The molecule has 106 valence electrons. The van der Waals surface area contributed by atoms with E-state index in [9.17, 15) is 9.59 Å². The van der Waals surface area contributed by atoms with Gasteiger partial charge in [-0.25, -0.2) is 4.79 Å². The Hall–Kier alpha value is -2.08. The Bertz CT molecular complexity index is 546. The van der Waals surface area contributed by atoms with Crippen LogP contribution in [0.15, 0.2) is 24.3 Å². The molecule has 0 radical (unpaired) electrons. The predicted molar refractivity (Wildman–Crippen MR) is 71.3 cm³/mol. The van der Waals surface area contributed by atoms with Crippen molar-refractivity contribution in [1.82, 2.24) is 4.90 Å². The van der Waals surface area contributed by atoms with Crippen molar-refractivity contribution in [2.75, 3.05) is 25.1 Å². The molecule has 1 aromatic rings. The minimum Gasteiger partial charge on any atom is -0.334 e. The number of fused-ring (bicyclic) bond motifs is 2. The lowest BCUT2D eigenvalue weighted by molar-refractivity contribution is -0.210. The summed E-state index contributed by atoms with van der Waals surface area (Å²) in [6.07, 6.45) is 1.27. The monoisotopic (exact) mass is 276 g/mol. The second-order valence-electron chi connectivity index (χ2n) is 4.94. The fraction of sp³-hybridized carbons (Fsp3) is 0.429. The van der Waals surface area contributed by atoms with Crippen molar-refractivity contribution in [3.8, 4) is 0 Å². The Labute approximate surface area is 116 Å². The summed E-state index contributed by atoms with van der Waals surface area (Å²) in [4.78, 5) is 37.0. The Balaban J connectivity index is 2.04. The van der Waals surface area contributed by atoms with Crippen LogP contribution in [0.3, 0.4) is 0 Å². The molecule has 0 saturated carbocycles. The molecule has 2 heterocycles. The summed E-state index contributed by atoms with van der Waals surface area (Å²) in [6.45, 7) is 1.18. The fourth-order valence-electron chi connectivity index (χ4n) is 2.94. The number of benzene rings is 1. The first-order valence-corrected chi connectivity index (χ1v) is 6.64. The van der Waals surface area contributed by atoms with E-state index in [1.807, 2.05) is 4.90 Å². The van der Waals surface area contributed by atoms with Crippen LogP contribution in [-0.4, -0.2) is 43.1 Å². The molecule has 2 amide bonds. The van der Waals surface area contributed by atoms with E-state index in [0.717, 1.165) is 19.4 Å². The summed E-state index contributed by atoms with van der Waals surface area (Å²) >= 11 is 0. The molecular weight excluding hydrogens is 260 g/mol. The molecule has 0 N–H and O–H groups in total. The molecule has 2 aliphatic rings. The summed E-state index contributed by atoms with van der Waals surface area (Å²) in [6, 6.07) is 7.14. The fourth-order valence-corrected chi connectivity index (χ4v) is 2.94. The third kappa shape index (κ3) is 2.02. The van der Waals surface area contributed by atoms with E-state index in [1.165, 1.54) is 12.0 Å². The van der Waals surface area contributed by atoms with Crippen LogP contribution < -0.4 is 4.90 Å². The van der Waals surface area contributed by atoms with Gasteiger partial charge in [0.2, 0.25) is 0 Å². The number of anilines is 1. The number of carbonyl (C=O) groups excluding carboxylic acids is 2. The highest BCUT2D eigenvalue weighted by molar-refractivity contribution is 6.04. The largest absolute Gasteiger partial charge is 0.445 e. The first-order chi connectivity index (χ1) is 9.72. The van der Waals surface area contributed by atoms with Crippen molar-refractivity contribution in [3.63, 3.8) is 0 Å². The molecule has 1 fully saturated rings. The number of amides is 2. The third-order valence-corrected chi connectivity index (χ3v) is 3.83. The zero-order valence-corrected chi connectivity index (χ0v) is 11.2. The summed E-state index contributed by atoms with van der Waals surface area (Å²) in [5.74, 6) is -0.0178. The van der Waals surface area contributed by atoms with Crippen LogP contribution in [0.5, 0.6) is 0 Å². The van der Waals surface area contributed by atoms with Gasteiger partial charge in [-0.2, -0.15) is 4.89 Å². The molecule has 1 aromatic carbocycles. The van der Waals surface area contributed by atoms with E-state index < -0.39 is 6.09 Å². The average Bonchev–Trinajstić information content (AvgIpc) is 2.88. The van der Waals surface area contributed by atoms with E-state index in [2.05, 4.69) is 9.78 Å². The number of hydrogen-bond acceptors (Lipinski definition) is 4. The normalized spacial score (nSPS) is 21.2. The summed E-state index contributed by atoms with van der Waals surface area (Å²) in [5.41, 5.74) is 1.11. The van der Waals surface area contributed by atoms with Crippen LogP contribution in [0, 0.1) is 0 Å². The highest BCUT2D eigenvalue weighted by atomic mass is 17.2. The summed E-state index contributed by atoms with van der Waals surface area (Å²) in [5, 5.41) is 0. The molecule has 1 atom stereocenters. The van der Waals surface area contributed by atoms with E-state index in [4.69, 9.17) is 0 Å². The van der Waals surface area contributed by atoms with Crippen LogP contribution >= 0.6 is 0 Å². The van der Waals surface area contributed by atoms with Crippen LogP contribution in [-0.2, 0) is 9.78 Å². The predicted octanol–water partition coefficient (Wildman–Crippen LogP) is 1.81. The second-order valence-corrected chi connectivity index (χ2v) is 4.94. The van der Waals surface area contributed by atoms with Gasteiger partial charge in [-0.05, 0) is 25.0 Å². The van der Waals surface area contributed by atoms with E-state index in [0.29, 0.717) is 17.8 Å². The van der Waals surface area contributed by atoms with Crippen molar-refractivity contribution in [1.29, 1.82) is 0 Å². The number of nitrogens with zero attached hydrogens (tertiary/aromatic N) is 2. The lowest BCUT2D eigenvalue weighted by atomic mass is 10.1. The molecule has 3 rings (SSSR count). The maximum Gasteiger partial charge on any atom is 0.445 e. The zero-order chi connectivity index (χ0) is 14.1. The highest BCUT2D eigenvalue weighted by Crippen LogP contribution is 2.31. The number of para-hydroxylation sites is 1. The molecule has 6 nitrogen and oxygen atoms in total. The van der Waals surface area contributed by atoms with E-state index in [-0.39, 0.29) is 11.9 Å². The van der Waals surface area contributed by atoms with Crippen molar-refractivity contribution in [2.45, 2.75) is 18.9 Å². The van der Waals surface area contributed by atoms with Crippen LogP contribution in [0.4, 0.5) is 10.5 Å². The summed E-state index contributed by atoms with van der Waals surface area (Å²) in [7, 11) is 1.29. The topological polar surface area (TPSA) is 59.1 Å². The molecule has 0 spiro atoms. The van der Waals surface area contributed by atoms with Gasteiger partial charge in [-0.15, -0.1) is 0 Å². The molecule has 1 saturated heterocycles. The maximum atomic E-state index is 12.6. The molecule has 1 unspecified atom stereocenters. The Morgan fingerprint density at radius 1 is 1.35 bits per heavy atom. The van der Waals surface area contributed by atoms with E-state index >= 15 is 0 Å². The van der Waals surface area contributed by atoms with Gasteiger partial charge in [0.1, 0.15) is 0 Å². The third-order valence-electron chi connectivity index (χ3n) is 3.83. The van der Waals surface area contributed by atoms with Gasteiger partial charge in [0.25, 0.3) is 5.91 Å². The lowest BCUT2D eigenvalue weighted by Crippen LogP contribution is -2.42. The SMILES string of the molecule is COOC(=O)N1CC2CCCN2C(=O)c2ccccc21. The zero-order valence-electron chi connectivity index (χ0n) is 11.2. The van der Waals surface area contributed by atoms with Crippen molar-refractivity contribution in [2.24, 2.45) is 0 Å². The Kier molecular flexibility index (Phi) is 3.31. The number of hydrogen-bond donors (Lipinski definition) is 0. The molecule has 0 aliphatic carbocycles. The standard InChI is InChI=1S/C14H16N2O4/c1-19-20-14(18)16-9-10-5-4-8-15(10)13(17)11-6-2-3-7-12(11)16/h2-3,6-7,10H,4-5,8-9H2,1H3. The van der Waals surface area contributed by atoms with Gasteiger partial charge in [-0.3, -0.25) is 14.6 Å². The average molecular weight is 276 g/mol. The number of rotatable bonds is 1. The smallest absolute Gasteiger partial charge is 0.334 e. The van der Waals surface area contributed by atoms with Gasteiger partial charge in [0.15, 0.2) is 0 Å². The summed E-state index contributed by atoms with van der Waals surface area (Å²) < 4.78 is 0. The lowest BCUT2D eigenvalue weighted by Gasteiger charge is -2.24. The van der Waals surface area contributed by atoms with Gasteiger partial charge < -0.3 is 4.90 Å². The first kappa shape index (κ1) is 12.9. The van der Waals surface area contributed by atoms with Crippen LogP contribution in [0.1, 0.15) is 23.2 Å². The van der Waals surface area contributed by atoms with Gasteiger partial charge in [-0.1, -0.05) is 12.1 Å². The molecule has 0 bridgehead atoms. The Morgan fingerprint density at radius 2 is 2.15 bits per heavy atom. The van der Waals surface area contributed by atoms with Crippen molar-refractivity contribution < 1.29 is 19.4 Å². The quantitative estimate of drug-likeness (QED) is 0.580. The molecule has 2 aliphatic heterocycles. The second kappa shape index (κ2) is 5.13. The van der Waals surface area contributed by atoms with Crippen LogP contribution in [0.2, 0.25) is 0 Å². The highest BCUT2D eigenvalue weighted by Gasteiger charge is 2.38. The maximum absolute atomic E-state index is 12.6. The van der Waals surface area contributed by atoms with Crippen molar-refractivity contribution in [3.05, 3.63) is 29.8 Å². The van der Waals surface area contributed by atoms with Gasteiger partial charge >= 0.3 is 6.09 Å². The van der Waals surface area contributed by atoms with Gasteiger partial charge in [0, 0.05) is 13.1 Å².